The molecule has 4 aliphatic carbocycles. The van der Waals surface area contributed by atoms with Crippen LogP contribution in [0.5, 0.6) is 0 Å². The van der Waals surface area contributed by atoms with Crippen molar-refractivity contribution in [3.63, 3.8) is 0 Å². The monoisotopic (exact) mass is 288 g/mol. The normalized spacial score (nSPS) is 53.0. The van der Waals surface area contributed by atoms with Gasteiger partial charge in [0.2, 0.25) is 0 Å². The predicted octanol–water partition coefficient (Wildman–Crippen LogP) is 4.17. The smallest absolute Gasteiger partial charge is 0.139 e. The molecular weight excluding hydrogens is 260 g/mol. The molecule has 0 amide bonds. The van der Waals surface area contributed by atoms with E-state index in [9.17, 15) is 9.59 Å². The van der Waals surface area contributed by atoms with Crippen LogP contribution >= 0.6 is 0 Å². The summed E-state index contributed by atoms with van der Waals surface area (Å²) in [5, 5.41) is 0. The van der Waals surface area contributed by atoms with Crippen LogP contribution in [0.25, 0.3) is 0 Å². The highest BCUT2D eigenvalue weighted by molar-refractivity contribution is 5.90. The summed E-state index contributed by atoms with van der Waals surface area (Å²) in [4.78, 5) is 25.3. The zero-order chi connectivity index (χ0) is 14.8. The van der Waals surface area contributed by atoms with Gasteiger partial charge in [-0.25, -0.2) is 0 Å². The Kier molecular flexibility index (Phi) is 2.94. The molecule has 4 fully saturated rings. The van der Waals surface area contributed by atoms with Gasteiger partial charge in [0, 0.05) is 24.2 Å². The molecule has 0 bridgehead atoms. The molecule has 0 aromatic heterocycles. The topological polar surface area (TPSA) is 34.1 Å². The van der Waals surface area contributed by atoms with Crippen molar-refractivity contribution in [2.75, 3.05) is 0 Å². The molecule has 0 saturated heterocycles. The van der Waals surface area contributed by atoms with Crippen molar-refractivity contribution >= 4 is 11.6 Å². The fraction of sp³-hybridized carbons (Fsp3) is 0.895. The van der Waals surface area contributed by atoms with Gasteiger partial charge in [0.1, 0.15) is 11.6 Å². The summed E-state index contributed by atoms with van der Waals surface area (Å²) in [5.74, 6) is 2.70. The lowest BCUT2D eigenvalue weighted by molar-refractivity contribution is -0.156. The van der Waals surface area contributed by atoms with Gasteiger partial charge in [0.05, 0.1) is 0 Å². The van der Waals surface area contributed by atoms with E-state index in [1.54, 1.807) is 0 Å². The highest BCUT2D eigenvalue weighted by atomic mass is 16.1. The molecule has 6 unspecified atom stereocenters. The average molecular weight is 288 g/mol. The number of Topliss-reactive ketones (excluding diaryl/α,β-unsaturated/α-hetero) is 2. The summed E-state index contributed by atoms with van der Waals surface area (Å²) in [6, 6.07) is 0. The molecule has 0 aromatic carbocycles. The van der Waals surface area contributed by atoms with E-state index in [-0.39, 0.29) is 11.3 Å². The van der Waals surface area contributed by atoms with E-state index in [0.29, 0.717) is 34.7 Å². The molecule has 0 aliphatic heterocycles. The third kappa shape index (κ3) is 1.71. The second-order valence-electron chi connectivity index (χ2n) is 8.78. The summed E-state index contributed by atoms with van der Waals surface area (Å²) >= 11 is 0. The van der Waals surface area contributed by atoms with Gasteiger partial charge in [0.15, 0.2) is 0 Å². The Labute approximate surface area is 128 Å². The first kappa shape index (κ1) is 14.0. The number of carbonyl (C=O) groups excluding carboxylic acids is 2. The van der Waals surface area contributed by atoms with Crippen molar-refractivity contribution in [3.8, 4) is 0 Å². The van der Waals surface area contributed by atoms with Crippen molar-refractivity contribution in [3.05, 3.63) is 0 Å². The summed E-state index contributed by atoms with van der Waals surface area (Å²) in [5.41, 5.74) is 0.207. The summed E-state index contributed by atoms with van der Waals surface area (Å²) in [7, 11) is 0. The molecule has 0 radical (unpaired) electrons. The van der Waals surface area contributed by atoms with Gasteiger partial charge in [-0.3, -0.25) is 9.59 Å². The zero-order valence-corrected chi connectivity index (χ0v) is 13.5. The van der Waals surface area contributed by atoms with Crippen molar-refractivity contribution in [1.82, 2.24) is 0 Å². The van der Waals surface area contributed by atoms with Crippen molar-refractivity contribution in [1.29, 1.82) is 0 Å². The Morgan fingerprint density at radius 2 is 1.76 bits per heavy atom. The van der Waals surface area contributed by atoms with Gasteiger partial charge in [0.25, 0.3) is 0 Å². The third-order valence-corrected chi connectivity index (χ3v) is 8.10. The Morgan fingerprint density at radius 3 is 2.57 bits per heavy atom. The minimum atomic E-state index is -0.172. The molecule has 116 valence electrons. The zero-order valence-electron chi connectivity index (χ0n) is 13.5. The molecule has 4 rings (SSSR count). The fourth-order valence-electron chi connectivity index (χ4n) is 6.74. The SMILES string of the molecule is CC12CCC3C(C(=O)CC4CCCCC43C)C1CCC2=O. The van der Waals surface area contributed by atoms with Crippen LogP contribution in [0.2, 0.25) is 0 Å². The van der Waals surface area contributed by atoms with Crippen LogP contribution in [0, 0.1) is 34.5 Å². The van der Waals surface area contributed by atoms with E-state index in [0.717, 1.165) is 32.1 Å². The van der Waals surface area contributed by atoms with Crippen LogP contribution in [0.3, 0.4) is 0 Å². The maximum Gasteiger partial charge on any atom is 0.139 e. The molecule has 2 heteroatoms. The Bertz CT molecular complexity index is 496. The molecular formula is C19H28O2. The highest BCUT2D eigenvalue weighted by Gasteiger charge is 2.62. The molecule has 21 heavy (non-hydrogen) atoms. The Hall–Kier alpha value is -0.660. The molecule has 6 atom stereocenters. The van der Waals surface area contributed by atoms with Crippen LogP contribution in [0.1, 0.15) is 71.6 Å². The van der Waals surface area contributed by atoms with Gasteiger partial charge in [-0.1, -0.05) is 26.7 Å². The highest BCUT2D eigenvalue weighted by Crippen LogP contribution is 2.64. The van der Waals surface area contributed by atoms with E-state index in [1.165, 1.54) is 25.7 Å². The van der Waals surface area contributed by atoms with Crippen molar-refractivity contribution in [2.45, 2.75) is 71.6 Å². The summed E-state index contributed by atoms with van der Waals surface area (Å²) < 4.78 is 0. The predicted molar refractivity (Wildman–Crippen MR) is 81.7 cm³/mol. The first-order chi connectivity index (χ1) is 9.97. The van der Waals surface area contributed by atoms with Crippen molar-refractivity contribution in [2.24, 2.45) is 34.5 Å². The fourth-order valence-corrected chi connectivity index (χ4v) is 6.74. The number of carbonyl (C=O) groups is 2. The minimum absolute atomic E-state index is 0.172. The second-order valence-corrected chi connectivity index (χ2v) is 8.78. The van der Waals surface area contributed by atoms with Gasteiger partial charge in [-0.2, -0.15) is 0 Å². The van der Waals surface area contributed by atoms with Gasteiger partial charge >= 0.3 is 0 Å². The van der Waals surface area contributed by atoms with E-state index >= 15 is 0 Å². The van der Waals surface area contributed by atoms with E-state index in [2.05, 4.69) is 13.8 Å². The first-order valence-corrected chi connectivity index (χ1v) is 9.03. The largest absolute Gasteiger partial charge is 0.299 e. The van der Waals surface area contributed by atoms with Crippen LogP contribution in [0.15, 0.2) is 0 Å². The van der Waals surface area contributed by atoms with Gasteiger partial charge < -0.3 is 0 Å². The maximum absolute atomic E-state index is 12.9. The lowest BCUT2D eigenvalue weighted by Gasteiger charge is -2.58. The van der Waals surface area contributed by atoms with Crippen LogP contribution in [-0.2, 0) is 9.59 Å². The standard InChI is InChI=1S/C19H28O2/c1-18-9-4-3-5-12(18)11-15(20)17-13-6-7-16(21)19(13,2)10-8-14(17)18/h12-14,17H,3-11H2,1-2H3. The molecule has 0 spiro atoms. The first-order valence-electron chi connectivity index (χ1n) is 9.03. The van der Waals surface area contributed by atoms with Crippen LogP contribution in [-0.4, -0.2) is 11.6 Å². The summed E-state index contributed by atoms with van der Waals surface area (Å²) in [6.45, 7) is 4.63. The quantitative estimate of drug-likeness (QED) is 0.670. The number of rotatable bonds is 0. The van der Waals surface area contributed by atoms with E-state index in [4.69, 9.17) is 0 Å². The van der Waals surface area contributed by atoms with E-state index in [1.807, 2.05) is 0 Å². The molecule has 0 N–H and O–H groups in total. The average Bonchev–Trinajstić information content (AvgIpc) is 2.76. The minimum Gasteiger partial charge on any atom is -0.299 e. The van der Waals surface area contributed by atoms with Gasteiger partial charge in [-0.15, -0.1) is 0 Å². The molecule has 4 aliphatic rings. The third-order valence-electron chi connectivity index (χ3n) is 8.10. The van der Waals surface area contributed by atoms with Crippen molar-refractivity contribution < 1.29 is 9.59 Å². The number of hydrogen-bond donors (Lipinski definition) is 0. The Balaban J connectivity index is 1.72. The molecule has 2 nitrogen and oxygen atoms in total. The van der Waals surface area contributed by atoms with Gasteiger partial charge in [-0.05, 0) is 55.3 Å². The second kappa shape index (κ2) is 4.43. The number of fused-ring (bicyclic) bond motifs is 5. The van der Waals surface area contributed by atoms with E-state index < -0.39 is 0 Å². The number of ketones is 2. The number of hydrogen-bond acceptors (Lipinski definition) is 2. The lowest BCUT2D eigenvalue weighted by atomic mass is 9.45. The summed E-state index contributed by atoms with van der Waals surface area (Å²) in [6.07, 6.45) is 9.86. The Morgan fingerprint density at radius 1 is 0.952 bits per heavy atom. The molecule has 0 aromatic rings. The lowest BCUT2D eigenvalue weighted by Crippen LogP contribution is -2.56. The van der Waals surface area contributed by atoms with Crippen LogP contribution in [0.4, 0.5) is 0 Å². The molecule has 4 saturated carbocycles. The van der Waals surface area contributed by atoms with Crippen LogP contribution < -0.4 is 0 Å². The molecule has 0 heterocycles. The maximum atomic E-state index is 12.9.